The summed E-state index contributed by atoms with van der Waals surface area (Å²) in [6, 6.07) is 0. The van der Waals surface area contributed by atoms with Crippen LogP contribution in [0.3, 0.4) is 0 Å². The minimum atomic E-state index is -0.538. The molecule has 0 atom stereocenters. The van der Waals surface area contributed by atoms with Crippen LogP contribution in [0, 0.1) is 0 Å². The van der Waals surface area contributed by atoms with Crippen LogP contribution in [0.15, 0.2) is 0 Å². The lowest BCUT2D eigenvalue weighted by molar-refractivity contribution is -0.138. The second-order valence-electron chi connectivity index (χ2n) is 5.73. The Labute approximate surface area is 161 Å². The lowest BCUT2D eigenvalue weighted by atomic mass is 10.1. The highest BCUT2D eigenvalue weighted by molar-refractivity contribution is 6.01. The van der Waals surface area contributed by atoms with Crippen molar-refractivity contribution in [3.05, 3.63) is 0 Å². The Morgan fingerprint density at radius 2 is 1.56 bits per heavy atom. The number of imide groups is 1. The second-order valence-corrected chi connectivity index (χ2v) is 5.73. The highest BCUT2D eigenvalue weighted by atomic mass is 16.2. The van der Waals surface area contributed by atoms with E-state index in [0.717, 1.165) is 19.3 Å². The van der Waals surface area contributed by atoms with Gasteiger partial charge in [0.05, 0.1) is 13.1 Å². The number of ketones is 1. The summed E-state index contributed by atoms with van der Waals surface area (Å²) in [5, 5.41) is 4.93. The molecule has 0 radical (unpaired) electrons. The van der Waals surface area contributed by atoms with E-state index in [1.807, 2.05) is 13.8 Å². The van der Waals surface area contributed by atoms with Gasteiger partial charge in [-0.3, -0.25) is 24.1 Å². The van der Waals surface area contributed by atoms with Gasteiger partial charge in [0.1, 0.15) is 5.78 Å². The summed E-state index contributed by atoms with van der Waals surface area (Å²) in [7, 11) is 1.64. The normalized spacial score (nSPS) is 12.5. The van der Waals surface area contributed by atoms with E-state index >= 15 is 0 Å². The number of amides is 4. The van der Waals surface area contributed by atoms with E-state index in [0.29, 0.717) is 25.8 Å². The second kappa shape index (κ2) is 17.1. The van der Waals surface area contributed by atoms with Gasteiger partial charge in [-0.25, -0.2) is 0 Å². The number of likely N-dealkylation sites (tertiary alicyclic amines) is 1. The largest absolute Gasteiger partial charge is 0.368 e. The van der Waals surface area contributed by atoms with Gasteiger partial charge in [0.25, 0.3) is 0 Å². The van der Waals surface area contributed by atoms with Crippen molar-refractivity contribution in [1.82, 2.24) is 15.5 Å². The van der Waals surface area contributed by atoms with Crippen molar-refractivity contribution in [2.45, 2.75) is 59.3 Å². The topological polar surface area (TPSA) is 139 Å². The summed E-state index contributed by atoms with van der Waals surface area (Å²) in [4.78, 5) is 55.1. The van der Waals surface area contributed by atoms with Gasteiger partial charge in [-0.15, -0.1) is 0 Å². The highest BCUT2D eigenvalue weighted by Crippen LogP contribution is 2.13. The fourth-order valence-corrected chi connectivity index (χ4v) is 2.10. The third-order valence-electron chi connectivity index (χ3n) is 3.36. The van der Waals surface area contributed by atoms with Crippen LogP contribution in [0.4, 0.5) is 0 Å². The van der Waals surface area contributed by atoms with E-state index in [2.05, 4.69) is 10.6 Å². The number of unbranched alkanes of at least 4 members (excludes halogenated alkanes) is 2. The maximum Gasteiger partial charge on any atom is 0.236 e. The molecule has 0 unspecified atom stereocenters. The monoisotopic (exact) mass is 386 g/mol. The van der Waals surface area contributed by atoms with E-state index in [1.54, 1.807) is 14.0 Å². The molecule has 4 N–H and O–H groups in total. The summed E-state index contributed by atoms with van der Waals surface area (Å²) >= 11 is 0. The zero-order valence-electron chi connectivity index (χ0n) is 16.9. The van der Waals surface area contributed by atoms with Gasteiger partial charge in [-0.2, -0.15) is 0 Å². The maximum absolute atomic E-state index is 11.2. The Bertz CT molecular complexity index is 478. The standard InChI is InChI=1S/C11H17NO3.C5H11N3O2.C2H6/c1-9(13)5-3-2-4-8-12-10(14)6-7-11(12)15;1-7-3-5(10)8-2-4(6)9;1-2/h2-8H2,1H3;7H,2-3H2,1H3,(H2,6,9)(H,8,10);1-2H3. The number of likely N-dealkylation sites (N-methyl/N-ethyl adjacent to an activating group) is 1. The average molecular weight is 386 g/mol. The quantitative estimate of drug-likeness (QED) is 0.360. The van der Waals surface area contributed by atoms with Crippen molar-refractivity contribution in [1.29, 1.82) is 0 Å². The molecule has 156 valence electrons. The van der Waals surface area contributed by atoms with Crippen LogP contribution in [0.25, 0.3) is 0 Å². The van der Waals surface area contributed by atoms with E-state index in [9.17, 15) is 24.0 Å². The van der Waals surface area contributed by atoms with Crippen molar-refractivity contribution in [3.8, 4) is 0 Å². The summed E-state index contributed by atoms with van der Waals surface area (Å²) < 4.78 is 0. The van der Waals surface area contributed by atoms with Crippen molar-refractivity contribution >= 4 is 29.4 Å². The van der Waals surface area contributed by atoms with Gasteiger partial charge in [-0.1, -0.05) is 20.3 Å². The minimum Gasteiger partial charge on any atom is -0.368 e. The molecule has 9 nitrogen and oxygen atoms in total. The number of carbonyl (C=O) groups excluding carboxylic acids is 5. The molecule has 1 saturated heterocycles. The van der Waals surface area contributed by atoms with Gasteiger partial charge in [-0.05, 0) is 26.8 Å². The van der Waals surface area contributed by atoms with Crippen molar-refractivity contribution in [3.63, 3.8) is 0 Å². The fraction of sp³-hybridized carbons (Fsp3) is 0.722. The predicted molar refractivity (Wildman–Crippen MR) is 103 cm³/mol. The molecule has 1 aliphatic rings. The molecule has 1 fully saturated rings. The van der Waals surface area contributed by atoms with E-state index in [1.165, 1.54) is 4.90 Å². The number of rotatable bonds is 10. The predicted octanol–water partition coefficient (Wildman–Crippen LogP) is 0.118. The molecule has 0 saturated carbocycles. The first-order valence-electron chi connectivity index (χ1n) is 9.30. The van der Waals surface area contributed by atoms with Crippen LogP contribution >= 0.6 is 0 Å². The molecule has 0 aromatic carbocycles. The summed E-state index contributed by atoms with van der Waals surface area (Å²) in [5.41, 5.74) is 4.76. The van der Waals surface area contributed by atoms with Crippen LogP contribution in [0.2, 0.25) is 0 Å². The lowest BCUT2D eigenvalue weighted by Gasteiger charge is -2.12. The number of hydrogen-bond donors (Lipinski definition) is 3. The first-order chi connectivity index (χ1) is 12.8. The zero-order chi connectivity index (χ0) is 21.2. The molecule has 0 aliphatic carbocycles. The van der Waals surface area contributed by atoms with Crippen LogP contribution in [0.1, 0.15) is 59.3 Å². The summed E-state index contributed by atoms with van der Waals surface area (Å²) in [6.45, 7) is 6.21. The fourth-order valence-electron chi connectivity index (χ4n) is 2.10. The number of Topliss-reactive ketones (excluding diaryl/α,β-unsaturated/α-hetero) is 1. The van der Waals surface area contributed by atoms with E-state index < -0.39 is 5.91 Å². The number of nitrogens with two attached hydrogens (primary N) is 1. The maximum atomic E-state index is 11.2. The molecule has 0 aromatic rings. The lowest BCUT2D eigenvalue weighted by Crippen LogP contribution is -2.37. The zero-order valence-corrected chi connectivity index (χ0v) is 16.9. The number of nitrogens with one attached hydrogen (secondary N) is 2. The van der Waals surface area contributed by atoms with Crippen LogP contribution < -0.4 is 16.4 Å². The Morgan fingerprint density at radius 1 is 1.00 bits per heavy atom. The molecule has 4 amide bonds. The molecule has 1 aliphatic heterocycles. The SMILES string of the molecule is CC.CC(=O)CCCCCN1C(=O)CCC1=O.CNCC(=O)NCC(N)=O. The molecule has 0 aromatic heterocycles. The average Bonchev–Trinajstić information content (AvgIpc) is 2.94. The Morgan fingerprint density at radius 3 is 2.00 bits per heavy atom. The molecule has 1 rings (SSSR count). The molecule has 27 heavy (non-hydrogen) atoms. The Hall–Kier alpha value is -2.29. The third kappa shape index (κ3) is 15.7. The van der Waals surface area contributed by atoms with E-state index in [-0.39, 0.29) is 36.6 Å². The molecule has 1 heterocycles. The van der Waals surface area contributed by atoms with Gasteiger partial charge >= 0.3 is 0 Å². The van der Waals surface area contributed by atoms with Crippen molar-refractivity contribution in [2.24, 2.45) is 5.73 Å². The molecule has 0 bridgehead atoms. The van der Waals surface area contributed by atoms with E-state index in [4.69, 9.17) is 5.73 Å². The number of hydrogen-bond acceptors (Lipinski definition) is 6. The van der Waals surface area contributed by atoms with Gasteiger partial charge in [0.2, 0.25) is 23.6 Å². The number of nitrogens with zero attached hydrogens (tertiary/aromatic N) is 1. The number of primary amides is 1. The van der Waals surface area contributed by atoms with Crippen LogP contribution in [0.5, 0.6) is 0 Å². The highest BCUT2D eigenvalue weighted by Gasteiger charge is 2.27. The van der Waals surface area contributed by atoms with Crippen molar-refractivity contribution in [2.75, 3.05) is 26.7 Å². The molecule has 9 heteroatoms. The van der Waals surface area contributed by atoms with Crippen molar-refractivity contribution < 1.29 is 24.0 Å². The Kier molecular flexibility index (Phi) is 17.1. The first kappa shape index (κ1) is 26.9. The van der Waals surface area contributed by atoms with Crippen LogP contribution in [-0.2, 0) is 24.0 Å². The number of carbonyl (C=O) groups is 5. The smallest absolute Gasteiger partial charge is 0.236 e. The third-order valence-corrected chi connectivity index (χ3v) is 3.36. The molecular weight excluding hydrogens is 352 g/mol. The Balaban J connectivity index is 0. The first-order valence-corrected chi connectivity index (χ1v) is 9.30. The molecule has 0 spiro atoms. The summed E-state index contributed by atoms with van der Waals surface area (Å²) in [6.07, 6.45) is 3.90. The minimum absolute atomic E-state index is 0.0495. The van der Waals surface area contributed by atoms with Gasteiger partial charge in [0.15, 0.2) is 0 Å². The van der Waals surface area contributed by atoms with Gasteiger partial charge < -0.3 is 21.2 Å². The summed E-state index contributed by atoms with van der Waals surface area (Å²) in [5.74, 6) is -0.674. The van der Waals surface area contributed by atoms with Gasteiger partial charge in [0, 0.05) is 25.8 Å². The van der Waals surface area contributed by atoms with Crippen LogP contribution in [-0.4, -0.2) is 61.0 Å². The molecular formula is C18H34N4O5.